The minimum Gasteiger partial charge on any atom is -0.481 e. The molecule has 0 amide bonds. The number of aliphatic hydroxyl groups excluding tert-OH is 1. The zero-order valence-electron chi connectivity index (χ0n) is 22.5. The summed E-state index contributed by atoms with van der Waals surface area (Å²) in [5.41, 5.74) is 0.360. The molecule has 1 unspecified atom stereocenters. The summed E-state index contributed by atoms with van der Waals surface area (Å²) in [7, 11) is 0. The van der Waals surface area contributed by atoms with E-state index in [0.717, 1.165) is 38.5 Å². The zero-order chi connectivity index (χ0) is 25.1. The van der Waals surface area contributed by atoms with Crippen molar-refractivity contribution in [3.8, 4) is 0 Å². The average molecular weight is 471 g/mol. The molecule has 0 heterocycles. The number of hydrogen-bond donors (Lipinski definition) is 2. The molecule has 4 nitrogen and oxygen atoms in total. The summed E-state index contributed by atoms with van der Waals surface area (Å²) >= 11 is 0. The Kier molecular flexibility index (Phi) is 5.04. The molecule has 0 aromatic heterocycles. The van der Waals surface area contributed by atoms with Gasteiger partial charge in [-0.2, -0.15) is 0 Å². The summed E-state index contributed by atoms with van der Waals surface area (Å²) in [5, 5.41) is 21.3. The number of allylic oxidation sites excluding steroid dienone is 2. The van der Waals surface area contributed by atoms with Crippen LogP contribution in [0.5, 0.6) is 0 Å². The molecule has 5 rings (SSSR count). The van der Waals surface area contributed by atoms with Crippen LogP contribution in [-0.2, 0) is 9.59 Å². The highest BCUT2D eigenvalue weighted by Gasteiger charge is 2.69. The lowest BCUT2D eigenvalue weighted by atomic mass is 9.33. The first-order chi connectivity index (χ1) is 15.6. The van der Waals surface area contributed by atoms with Gasteiger partial charge >= 0.3 is 5.97 Å². The quantitative estimate of drug-likeness (QED) is 0.434. The third-order valence-electron chi connectivity index (χ3n) is 13.2. The van der Waals surface area contributed by atoms with E-state index in [1.807, 2.05) is 6.92 Å². The van der Waals surface area contributed by atoms with Crippen LogP contribution in [0.25, 0.3) is 0 Å². The van der Waals surface area contributed by atoms with Crippen molar-refractivity contribution in [2.45, 2.75) is 112 Å². The number of rotatable bonds is 1. The van der Waals surface area contributed by atoms with E-state index in [2.05, 4.69) is 47.6 Å². The normalized spacial score (nSPS) is 54.1. The predicted octanol–water partition coefficient (Wildman–Crippen LogP) is 6.41. The molecule has 34 heavy (non-hydrogen) atoms. The van der Waals surface area contributed by atoms with Crippen molar-refractivity contribution in [1.82, 2.24) is 0 Å². The van der Waals surface area contributed by atoms with Gasteiger partial charge in [-0.25, -0.2) is 0 Å². The van der Waals surface area contributed by atoms with Gasteiger partial charge < -0.3 is 10.2 Å². The number of fused-ring (bicyclic) bond motifs is 7. The Balaban J connectivity index is 1.59. The van der Waals surface area contributed by atoms with Gasteiger partial charge in [0, 0.05) is 17.3 Å². The van der Waals surface area contributed by atoms with E-state index < -0.39 is 17.5 Å². The van der Waals surface area contributed by atoms with E-state index >= 15 is 0 Å². The Morgan fingerprint density at radius 2 is 1.59 bits per heavy atom. The predicted molar refractivity (Wildman–Crippen MR) is 133 cm³/mol. The molecule has 9 atom stereocenters. The van der Waals surface area contributed by atoms with Gasteiger partial charge in [0.25, 0.3) is 0 Å². The number of Topliss-reactive ketones (excluding diaryl/α,β-unsaturated/α-hetero) is 1. The van der Waals surface area contributed by atoms with Crippen LogP contribution in [0, 0.1) is 50.2 Å². The monoisotopic (exact) mass is 470 g/mol. The second-order valence-electron chi connectivity index (χ2n) is 14.8. The Morgan fingerprint density at radius 1 is 0.912 bits per heavy atom. The van der Waals surface area contributed by atoms with E-state index in [9.17, 15) is 19.8 Å². The fourth-order valence-corrected chi connectivity index (χ4v) is 10.5. The van der Waals surface area contributed by atoms with Crippen molar-refractivity contribution in [3.63, 3.8) is 0 Å². The molecule has 0 aromatic rings. The van der Waals surface area contributed by atoms with Crippen LogP contribution >= 0.6 is 0 Å². The van der Waals surface area contributed by atoms with Gasteiger partial charge in [0.2, 0.25) is 0 Å². The van der Waals surface area contributed by atoms with Crippen molar-refractivity contribution >= 4 is 11.8 Å². The third-order valence-corrected chi connectivity index (χ3v) is 13.2. The van der Waals surface area contributed by atoms with Crippen LogP contribution < -0.4 is 0 Å². The van der Waals surface area contributed by atoms with Crippen LogP contribution in [0.3, 0.4) is 0 Å². The van der Waals surface area contributed by atoms with Crippen molar-refractivity contribution in [2.75, 3.05) is 0 Å². The Hall–Kier alpha value is -1.16. The standard InChI is InChI=1S/C30H46O4/c1-25(2)20-10-13-30(7)21(28(20,5)12-11-22(25)31)9-8-18-19-16-26(3,24(33)34)17-23(32)27(19,4)14-15-29(18,30)6/h8,19-21,23,32H,9-17H2,1-7H3,(H,33,34)/t19-,20?,21-,23+,26-,27-,28+,29-,30-/m1/s1. The average Bonchev–Trinajstić information content (AvgIpc) is 2.73. The van der Waals surface area contributed by atoms with E-state index in [1.165, 1.54) is 5.57 Å². The molecule has 190 valence electrons. The molecule has 5 aliphatic carbocycles. The van der Waals surface area contributed by atoms with Gasteiger partial charge in [0.15, 0.2) is 0 Å². The Labute approximate surface area is 206 Å². The van der Waals surface area contributed by atoms with Crippen LogP contribution in [0.15, 0.2) is 11.6 Å². The number of carbonyl (C=O) groups is 2. The highest BCUT2D eigenvalue weighted by Crippen LogP contribution is 2.75. The van der Waals surface area contributed by atoms with Crippen molar-refractivity contribution in [3.05, 3.63) is 11.6 Å². The lowest BCUT2D eigenvalue weighted by molar-refractivity contribution is -0.193. The van der Waals surface area contributed by atoms with Gasteiger partial charge in [-0.05, 0) is 92.3 Å². The first-order valence-electron chi connectivity index (χ1n) is 13.7. The van der Waals surface area contributed by atoms with Crippen molar-refractivity contribution in [1.29, 1.82) is 0 Å². The van der Waals surface area contributed by atoms with Crippen molar-refractivity contribution in [2.24, 2.45) is 50.2 Å². The van der Waals surface area contributed by atoms with Gasteiger partial charge in [-0.3, -0.25) is 9.59 Å². The molecule has 4 heteroatoms. The largest absolute Gasteiger partial charge is 0.481 e. The van der Waals surface area contributed by atoms with Crippen LogP contribution in [-0.4, -0.2) is 28.1 Å². The highest BCUT2D eigenvalue weighted by molar-refractivity contribution is 5.85. The summed E-state index contributed by atoms with van der Waals surface area (Å²) in [6, 6.07) is 0. The lowest BCUT2D eigenvalue weighted by Gasteiger charge is -2.71. The third kappa shape index (κ3) is 2.75. The summed E-state index contributed by atoms with van der Waals surface area (Å²) in [4.78, 5) is 25.2. The molecule has 2 N–H and O–H groups in total. The fourth-order valence-electron chi connectivity index (χ4n) is 10.5. The molecule has 0 aliphatic heterocycles. The molecule has 0 radical (unpaired) electrons. The van der Waals surface area contributed by atoms with E-state index in [1.54, 1.807) is 0 Å². The van der Waals surface area contributed by atoms with E-state index in [-0.39, 0.29) is 33.0 Å². The molecule has 0 aromatic carbocycles. The number of aliphatic hydroxyl groups is 1. The lowest BCUT2D eigenvalue weighted by Crippen LogP contribution is -2.65. The molecular weight excluding hydrogens is 424 g/mol. The summed E-state index contributed by atoms with van der Waals surface area (Å²) in [6.45, 7) is 15.9. The maximum Gasteiger partial charge on any atom is 0.309 e. The van der Waals surface area contributed by atoms with Gasteiger partial charge in [-0.15, -0.1) is 0 Å². The topological polar surface area (TPSA) is 74.6 Å². The number of carbonyl (C=O) groups excluding carboxylic acids is 1. The first kappa shape index (κ1) is 24.5. The molecule has 4 saturated carbocycles. The second kappa shape index (κ2) is 6.99. The van der Waals surface area contributed by atoms with Gasteiger partial charge in [0.05, 0.1) is 11.5 Å². The minimum atomic E-state index is -0.877. The first-order valence-corrected chi connectivity index (χ1v) is 13.7. The molecular formula is C30H46O4. The number of ketones is 1. The number of carboxylic acids is 1. The molecule has 4 fully saturated rings. The van der Waals surface area contributed by atoms with Crippen LogP contribution in [0.2, 0.25) is 0 Å². The van der Waals surface area contributed by atoms with Crippen LogP contribution in [0.1, 0.15) is 106 Å². The molecule has 0 bridgehead atoms. The fraction of sp³-hybridized carbons (Fsp3) is 0.867. The highest BCUT2D eigenvalue weighted by atomic mass is 16.4. The number of carboxylic acid groups (broad SMARTS) is 1. The second-order valence-corrected chi connectivity index (χ2v) is 14.8. The molecule has 0 saturated heterocycles. The minimum absolute atomic E-state index is 0.0101. The zero-order valence-corrected chi connectivity index (χ0v) is 22.5. The van der Waals surface area contributed by atoms with Gasteiger partial charge in [-0.1, -0.05) is 53.2 Å². The summed E-state index contributed by atoms with van der Waals surface area (Å²) < 4.78 is 0. The van der Waals surface area contributed by atoms with Gasteiger partial charge in [0.1, 0.15) is 5.78 Å². The van der Waals surface area contributed by atoms with E-state index in [4.69, 9.17) is 0 Å². The number of hydrogen-bond acceptors (Lipinski definition) is 3. The summed E-state index contributed by atoms with van der Waals surface area (Å²) in [6.07, 6.45) is 9.84. The van der Waals surface area contributed by atoms with Crippen LogP contribution in [0.4, 0.5) is 0 Å². The Morgan fingerprint density at radius 3 is 2.24 bits per heavy atom. The molecule has 0 spiro atoms. The maximum atomic E-state index is 12.9. The Bertz CT molecular complexity index is 965. The maximum absolute atomic E-state index is 12.9. The van der Waals surface area contributed by atoms with E-state index in [0.29, 0.717) is 36.9 Å². The summed E-state index contributed by atoms with van der Waals surface area (Å²) in [5.74, 6) is 0.740. The SMILES string of the molecule is CC1(C)C(=O)CC[C@@]2(C)C1CC[C@]1(C)[C@@H]2CC=C2[C@H]3C[C@@](C)(C(=O)O)C[C@H](O)[C@]3(C)CC[C@]21C. The van der Waals surface area contributed by atoms with Crippen molar-refractivity contribution < 1.29 is 19.8 Å². The smallest absolute Gasteiger partial charge is 0.309 e. The molecule has 5 aliphatic rings. The number of aliphatic carboxylic acids is 1.